The summed E-state index contributed by atoms with van der Waals surface area (Å²) in [6.07, 6.45) is -4.64. The standard InChI is InChI=1S/C29H43F3N6O8/c1-15(2)23(28(46)36-20(7-5-6-12-33)25(43)34-16(3)24(42)29(30,31)32)38-26(44)21(13-18-8-10-19(41)11-9-18)37-27(45)22(14-39)35-17(4)40/h8-11,15-16,20-23,39,41H,5-7,12-14,33H2,1-4H3,(H,34,43)(H,35,40)(H,36,46)(H,37,45)(H,38,44)/t16?,20-,21-,22-,23-/m0/s1. The molecule has 5 atom stereocenters. The van der Waals surface area contributed by atoms with Crippen molar-refractivity contribution in [1.29, 1.82) is 0 Å². The van der Waals surface area contributed by atoms with E-state index in [4.69, 9.17) is 5.73 Å². The lowest BCUT2D eigenvalue weighted by molar-refractivity contribution is -0.173. The predicted molar refractivity (Wildman–Crippen MR) is 159 cm³/mol. The fraction of sp³-hybridized carbons (Fsp3) is 0.586. The maximum absolute atomic E-state index is 13.5. The fourth-order valence-electron chi connectivity index (χ4n) is 4.23. The van der Waals surface area contributed by atoms with Crippen molar-refractivity contribution in [2.24, 2.45) is 11.7 Å². The number of alkyl halides is 3. The highest BCUT2D eigenvalue weighted by Crippen LogP contribution is 2.18. The lowest BCUT2D eigenvalue weighted by atomic mass is 9.99. The second-order valence-corrected chi connectivity index (χ2v) is 11.0. The van der Waals surface area contributed by atoms with Crippen molar-refractivity contribution >= 4 is 35.3 Å². The Morgan fingerprint density at radius 1 is 0.783 bits per heavy atom. The van der Waals surface area contributed by atoms with Gasteiger partial charge in [-0.1, -0.05) is 26.0 Å². The van der Waals surface area contributed by atoms with Crippen LogP contribution in [0.15, 0.2) is 24.3 Å². The molecule has 0 radical (unpaired) electrons. The van der Waals surface area contributed by atoms with Crippen molar-refractivity contribution in [3.8, 4) is 5.75 Å². The van der Waals surface area contributed by atoms with E-state index in [2.05, 4.69) is 21.3 Å². The van der Waals surface area contributed by atoms with E-state index < -0.39 is 84.2 Å². The van der Waals surface area contributed by atoms with Crippen LogP contribution in [0, 0.1) is 5.92 Å². The molecule has 258 valence electrons. The van der Waals surface area contributed by atoms with Crippen molar-refractivity contribution in [3.63, 3.8) is 0 Å². The summed E-state index contributed by atoms with van der Waals surface area (Å²) in [5.41, 5.74) is 5.99. The van der Waals surface area contributed by atoms with Gasteiger partial charge in [0.25, 0.3) is 5.78 Å². The van der Waals surface area contributed by atoms with E-state index in [1.807, 2.05) is 5.32 Å². The molecule has 0 heterocycles. The Labute approximate surface area is 264 Å². The number of rotatable bonds is 18. The van der Waals surface area contributed by atoms with Crippen LogP contribution in [0.3, 0.4) is 0 Å². The largest absolute Gasteiger partial charge is 0.508 e. The van der Waals surface area contributed by atoms with Gasteiger partial charge in [-0.2, -0.15) is 13.2 Å². The van der Waals surface area contributed by atoms with E-state index in [0.29, 0.717) is 18.4 Å². The van der Waals surface area contributed by atoms with Gasteiger partial charge in [0.15, 0.2) is 0 Å². The minimum absolute atomic E-state index is 0.0360. The number of hydrogen-bond acceptors (Lipinski definition) is 9. The van der Waals surface area contributed by atoms with E-state index in [-0.39, 0.29) is 25.1 Å². The van der Waals surface area contributed by atoms with E-state index in [1.165, 1.54) is 24.3 Å². The molecule has 1 rings (SSSR count). The van der Waals surface area contributed by atoms with Gasteiger partial charge in [0.1, 0.15) is 29.9 Å². The number of hydrogen-bond donors (Lipinski definition) is 8. The number of halogens is 3. The van der Waals surface area contributed by atoms with Gasteiger partial charge >= 0.3 is 6.18 Å². The van der Waals surface area contributed by atoms with Crippen LogP contribution in [0.5, 0.6) is 5.75 Å². The van der Waals surface area contributed by atoms with Crippen molar-refractivity contribution in [1.82, 2.24) is 26.6 Å². The third kappa shape index (κ3) is 13.4. The Balaban J connectivity index is 3.23. The molecule has 0 bridgehead atoms. The zero-order chi connectivity index (χ0) is 35.2. The molecule has 1 unspecified atom stereocenters. The molecule has 0 aromatic heterocycles. The molecule has 0 aliphatic heterocycles. The Bertz CT molecular complexity index is 1210. The first-order valence-electron chi connectivity index (χ1n) is 14.6. The summed E-state index contributed by atoms with van der Waals surface area (Å²) < 4.78 is 38.6. The van der Waals surface area contributed by atoms with Gasteiger partial charge in [0.2, 0.25) is 29.5 Å². The lowest BCUT2D eigenvalue weighted by Gasteiger charge is -2.28. The number of amides is 5. The number of nitrogens with two attached hydrogens (primary N) is 1. The predicted octanol–water partition coefficient (Wildman–Crippen LogP) is -0.693. The van der Waals surface area contributed by atoms with Crippen molar-refractivity contribution in [2.45, 2.75) is 89.8 Å². The van der Waals surface area contributed by atoms with Gasteiger partial charge < -0.3 is 42.5 Å². The van der Waals surface area contributed by atoms with Crippen LogP contribution in [0.1, 0.15) is 52.5 Å². The smallest absolute Gasteiger partial charge is 0.452 e. The van der Waals surface area contributed by atoms with Crippen LogP contribution < -0.4 is 32.3 Å². The molecule has 0 saturated carbocycles. The molecule has 0 aliphatic rings. The molecule has 0 spiro atoms. The Kier molecular flexibility index (Phi) is 16.1. The molecule has 0 aliphatic carbocycles. The van der Waals surface area contributed by atoms with Crippen LogP contribution in [0.4, 0.5) is 13.2 Å². The molecule has 14 nitrogen and oxygen atoms in total. The highest BCUT2D eigenvalue weighted by molar-refractivity contribution is 5.97. The summed E-state index contributed by atoms with van der Waals surface area (Å²) in [7, 11) is 0. The highest BCUT2D eigenvalue weighted by atomic mass is 19.4. The summed E-state index contributed by atoms with van der Waals surface area (Å²) in [6, 6.07) is -1.69. The fourth-order valence-corrected chi connectivity index (χ4v) is 4.23. The molecule has 1 aromatic rings. The van der Waals surface area contributed by atoms with Gasteiger partial charge in [-0.15, -0.1) is 0 Å². The number of Topliss-reactive ketones (excluding diaryl/α,β-unsaturated/α-hetero) is 1. The molecule has 0 saturated heterocycles. The first-order valence-corrected chi connectivity index (χ1v) is 14.6. The molecule has 1 aromatic carbocycles. The second-order valence-electron chi connectivity index (χ2n) is 11.0. The molecule has 46 heavy (non-hydrogen) atoms. The van der Waals surface area contributed by atoms with Gasteiger partial charge in [-0.25, -0.2) is 0 Å². The van der Waals surface area contributed by atoms with E-state index in [0.717, 1.165) is 13.8 Å². The third-order valence-corrected chi connectivity index (χ3v) is 6.74. The van der Waals surface area contributed by atoms with Gasteiger partial charge in [-0.05, 0) is 56.3 Å². The normalized spacial score (nSPS) is 14.7. The maximum Gasteiger partial charge on any atom is 0.452 e. The van der Waals surface area contributed by atoms with E-state index in [9.17, 15) is 52.2 Å². The Morgan fingerprint density at radius 3 is 1.83 bits per heavy atom. The van der Waals surface area contributed by atoms with E-state index in [1.54, 1.807) is 13.8 Å². The first-order chi connectivity index (χ1) is 21.4. The summed E-state index contributed by atoms with van der Waals surface area (Å²) in [6.45, 7) is 4.59. The molecule has 17 heteroatoms. The average molecular weight is 661 g/mol. The second kappa shape index (κ2) is 18.7. The zero-order valence-corrected chi connectivity index (χ0v) is 26.1. The van der Waals surface area contributed by atoms with E-state index >= 15 is 0 Å². The van der Waals surface area contributed by atoms with Crippen molar-refractivity contribution in [2.75, 3.05) is 13.2 Å². The Hall–Kier alpha value is -4.25. The summed E-state index contributed by atoms with van der Waals surface area (Å²) >= 11 is 0. The summed E-state index contributed by atoms with van der Waals surface area (Å²) in [5, 5.41) is 30.8. The summed E-state index contributed by atoms with van der Waals surface area (Å²) in [4.78, 5) is 75.6. The number of phenolic OH excluding ortho intramolecular Hbond substituents is 1. The van der Waals surface area contributed by atoms with Crippen LogP contribution in [-0.4, -0.2) is 95.1 Å². The number of phenols is 1. The number of carbonyl (C=O) groups is 6. The number of benzene rings is 1. The van der Waals surface area contributed by atoms with Crippen LogP contribution in [0.2, 0.25) is 0 Å². The zero-order valence-electron chi connectivity index (χ0n) is 26.1. The average Bonchev–Trinajstić information content (AvgIpc) is 2.97. The number of aromatic hydroxyl groups is 1. The number of carbonyl (C=O) groups excluding carboxylic acids is 6. The van der Waals surface area contributed by atoms with Crippen molar-refractivity contribution < 1.29 is 52.2 Å². The maximum atomic E-state index is 13.5. The minimum Gasteiger partial charge on any atom is -0.508 e. The third-order valence-electron chi connectivity index (χ3n) is 6.74. The summed E-state index contributed by atoms with van der Waals surface area (Å²) in [5.74, 6) is -7.13. The molecule has 5 amide bonds. The first kappa shape index (κ1) is 39.8. The van der Waals surface area contributed by atoms with Gasteiger partial charge in [0.05, 0.1) is 12.6 Å². The monoisotopic (exact) mass is 660 g/mol. The molecular weight excluding hydrogens is 617 g/mol. The Morgan fingerprint density at radius 2 is 1.33 bits per heavy atom. The van der Waals surface area contributed by atoms with Crippen LogP contribution in [0.25, 0.3) is 0 Å². The molecule has 9 N–H and O–H groups in total. The lowest BCUT2D eigenvalue weighted by Crippen LogP contribution is -2.60. The van der Waals surface area contributed by atoms with Crippen LogP contribution >= 0.6 is 0 Å². The minimum atomic E-state index is -5.19. The number of ketones is 1. The van der Waals surface area contributed by atoms with Gasteiger partial charge in [0, 0.05) is 13.3 Å². The van der Waals surface area contributed by atoms with Crippen molar-refractivity contribution in [3.05, 3.63) is 29.8 Å². The topological polar surface area (TPSA) is 229 Å². The number of unbranched alkanes of at least 4 members (excludes halogenated alkanes) is 1. The number of nitrogens with one attached hydrogen (secondary N) is 5. The molecular formula is C29H43F3N6O8. The van der Waals surface area contributed by atoms with Gasteiger partial charge in [-0.3, -0.25) is 28.8 Å². The number of aliphatic hydroxyl groups is 1. The quantitative estimate of drug-likeness (QED) is 0.0931. The molecule has 0 fully saturated rings. The number of aliphatic hydroxyl groups excluding tert-OH is 1. The van der Waals surface area contributed by atoms with Crippen LogP contribution in [-0.2, 0) is 35.2 Å². The highest BCUT2D eigenvalue weighted by Gasteiger charge is 2.42. The SMILES string of the molecule is CC(=O)N[C@@H](CO)C(=O)N[C@@H](Cc1ccc(O)cc1)C(=O)N[C@H](C(=O)N[C@@H](CCCCN)C(=O)NC(C)C(=O)C(F)(F)F)C(C)C.